The fraction of sp³-hybridized carbons (Fsp3) is 0. The summed E-state index contributed by atoms with van der Waals surface area (Å²) < 4.78 is 6.33. The summed E-state index contributed by atoms with van der Waals surface area (Å²) in [6, 6.07) is 77.8. The minimum atomic E-state index is 0.626. The molecule has 0 radical (unpaired) electrons. The van der Waals surface area contributed by atoms with Crippen LogP contribution in [0.1, 0.15) is 0 Å². The largest absolute Gasteiger partial charge is 0.435 e. The lowest BCUT2D eigenvalue weighted by Crippen LogP contribution is -2.10. The average molecular weight is 741 g/mol. The molecule has 0 saturated heterocycles. The number of fused-ring (bicyclic) bond motifs is 6. The predicted molar refractivity (Wildman–Crippen MR) is 243 cm³/mol. The van der Waals surface area contributed by atoms with Gasteiger partial charge in [-0.3, -0.25) is 0 Å². The zero-order chi connectivity index (χ0) is 38.4. The van der Waals surface area contributed by atoms with E-state index in [1.165, 1.54) is 43.8 Å². The Balaban J connectivity index is 0.948. The minimum Gasteiger partial charge on any atom is -0.435 e. The van der Waals surface area contributed by atoms with Crippen LogP contribution in [0.3, 0.4) is 0 Å². The van der Waals surface area contributed by atoms with Crippen LogP contribution in [0.4, 0.5) is 17.1 Å². The molecule has 11 rings (SSSR count). The number of aromatic nitrogens is 1. The van der Waals surface area contributed by atoms with Crippen LogP contribution in [0, 0.1) is 0 Å². The van der Waals surface area contributed by atoms with Gasteiger partial charge in [0.1, 0.15) is 5.52 Å². The van der Waals surface area contributed by atoms with Crippen molar-refractivity contribution >= 4 is 60.5 Å². The van der Waals surface area contributed by atoms with Gasteiger partial charge in [0.05, 0.1) is 0 Å². The van der Waals surface area contributed by atoms with Crippen molar-refractivity contribution < 1.29 is 4.42 Å². The second-order valence-corrected chi connectivity index (χ2v) is 14.8. The van der Waals surface area contributed by atoms with Crippen molar-refractivity contribution in [2.75, 3.05) is 4.90 Å². The summed E-state index contributed by atoms with van der Waals surface area (Å²) in [5.41, 5.74) is 12.9. The van der Waals surface area contributed by atoms with Gasteiger partial charge in [0.25, 0.3) is 0 Å². The Kier molecular flexibility index (Phi) is 8.15. The summed E-state index contributed by atoms with van der Waals surface area (Å²) in [5, 5.41) is 7.27. The first-order chi connectivity index (χ1) is 28.7. The summed E-state index contributed by atoms with van der Waals surface area (Å²) in [6.45, 7) is 0. The first kappa shape index (κ1) is 33.6. The van der Waals surface area contributed by atoms with Gasteiger partial charge in [-0.05, 0) is 121 Å². The Morgan fingerprint density at radius 1 is 0.328 bits per heavy atom. The van der Waals surface area contributed by atoms with Crippen LogP contribution in [0.2, 0.25) is 0 Å². The third kappa shape index (κ3) is 5.98. The molecule has 272 valence electrons. The minimum absolute atomic E-state index is 0.626. The standard InChI is InChI=1S/C55H36N2O/c1-2-11-37(12-3-1)43-15-10-16-47(35-43)57(46-32-27-41(28-33-46)52-36-44-14-5-6-17-48(44)50-19-8-9-20-51(50)52)45-30-25-39(26-31-45)38-21-23-42(24-22-38)55-56-53-34-29-40-13-4-7-18-49(40)54(53)58-55/h1-36H. The second-order valence-electron chi connectivity index (χ2n) is 14.8. The van der Waals surface area contributed by atoms with E-state index in [4.69, 9.17) is 9.40 Å². The average Bonchev–Trinajstić information content (AvgIpc) is 3.75. The third-order valence-electron chi connectivity index (χ3n) is 11.3. The Morgan fingerprint density at radius 2 is 0.879 bits per heavy atom. The Hall–Kier alpha value is -7.75. The molecule has 0 bridgehead atoms. The highest BCUT2D eigenvalue weighted by molar-refractivity contribution is 6.13. The maximum Gasteiger partial charge on any atom is 0.227 e. The SMILES string of the molecule is c1ccc(-c2cccc(N(c3ccc(-c4ccc(-c5nc6ccc7ccccc7c6o5)cc4)cc3)c3ccc(-c4cc5ccccc5c5ccccc45)cc3)c2)cc1. The quantitative estimate of drug-likeness (QED) is 0.152. The van der Waals surface area contributed by atoms with Gasteiger partial charge in [0.2, 0.25) is 5.89 Å². The van der Waals surface area contributed by atoms with Crippen LogP contribution in [-0.2, 0) is 0 Å². The fourth-order valence-corrected chi connectivity index (χ4v) is 8.37. The van der Waals surface area contributed by atoms with E-state index in [0.29, 0.717) is 5.89 Å². The molecule has 0 aliphatic rings. The molecule has 0 N–H and O–H groups in total. The van der Waals surface area contributed by atoms with Gasteiger partial charge >= 0.3 is 0 Å². The van der Waals surface area contributed by atoms with Crippen LogP contribution < -0.4 is 4.90 Å². The van der Waals surface area contributed by atoms with Gasteiger partial charge in [0, 0.05) is 28.0 Å². The van der Waals surface area contributed by atoms with E-state index in [0.717, 1.165) is 55.6 Å². The lowest BCUT2D eigenvalue weighted by molar-refractivity contribution is 0.623. The lowest BCUT2D eigenvalue weighted by atomic mass is 9.93. The van der Waals surface area contributed by atoms with Gasteiger partial charge in [-0.1, -0.05) is 158 Å². The van der Waals surface area contributed by atoms with E-state index in [1.54, 1.807) is 0 Å². The van der Waals surface area contributed by atoms with Gasteiger partial charge < -0.3 is 9.32 Å². The van der Waals surface area contributed by atoms with E-state index >= 15 is 0 Å². The highest BCUT2D eigenvalue weighted by Gasteiger charge is 2.16. The zero-order valence-corrected chi connectivity index (χ0v) is 31.6. The maximum atomic E-state index is 6.33. The summed E-state index contributed by atoms with van der Waals surface area (Å²) in [4.78, 5) is 7.17. The monoisotopic (exact) mass is 740 g/mol. The number of rotatable bonds is 7. The second kappa shape index (κ2) is 14.1. The maximum absolute atomic E-state index is 6.33. The summed E-state index contributed by atoms with van der Waals surface area (Å²) in [6.07, 6.45) is 0. The van der Waals surface area contributed by atoms with Crippen molar-refractivity contribution in [3.05, 3.63) is 218 Å². The van der Waals surface area contributed by atoms with Gasteiger partial charge in [-0.15, -0.1) is 0 Å². The number of nitrogens with zero attached hydrogens (tertiary/aromatic N) is 2. The molecular formula is C55H36N2O. The lowest BCUT2D eigenvalue weighted by Gasteiger charge is -2.26. The van der Waals surface area contributed by atoms with Gasteiger partial charge in [-0.25, -0.2) is 4.98 Å². The van der Waals surface area contributed by atoms with E-state index < -0.39 is 0 Å². The van der Waals surface area contributed by atoms with Crippen molar-refractivity contribution in [3.63, 3.8) is 0 Å². The van der Waals surface area contributed by atoms with Crippen LogP contribution in [-0.4, -0.2) is 4.98 Å². The molecule has 3 nitrogen and oxygen atoms in total. The highest BCUT2D eigenvalue weighted by atomic mass is 16.3. The van der Waals surface area contributed by atoms with Crippen LogP contribution in [0.5, 0.6) is 0 Å². The highest BCUT2D eigenvalue weighted by Crippen LogP contribution is 2.40. The molecule has 3 heteroatoms. The molecule has 0 unspecified atom stereocenters. The summed E-state index contributed by atoms with van der Waals surface area (Å²) >= 11 is 0. The van der Waals surface area contributed by atoms with Crippen molar-refractivity contribution in [1.82, 2.24) is 4.98 Å². The van der Waals surface area contributed by atoms with Crippen LogP contribution >= 0.6 is 0 Å². The Morgan fingerprint density at radius 3 is 1.62 bits per heavy atom. The number of anilines is 3. The first-order valence-electron chi connectivity index (χ1n) is 19.7. The molecule has 0 atom stereocenters. The normalized spacial score (nSPS) is 11.4. The fourth-order valence-electron chi connectivity index (χ4n) is 8.37. The molecular weight excluding hydrogens is 705 g/mol. The summed E-state index contributed by atoms with van der Waals surface area (Å²) in [7, 11) is 0. The van der Waals surface area contributed by atoms with E-state index in [-0.39, 0.29) is 0 Å². The smallest absolute Gasteiger partial charge is 0.227 e. The number of oxazole rings is 1. The molecule has 0 aliphatic heterocycles. The first-order valence-corrected chi connectivity index (χ1v) is 19.7. The van der Waals surface area contributed by atoms with Crippen molar-refractivity contribution in [3.8, 4) is 44.8 Å². The molecule has 0 spiro atoms. The van der Waals surface area contributed by atoms with E-state index in [9.17, 15) is 0 Å². The van der Waals surface area contributed by atoms with Crippen molar-refractivity contribution in [1.29, 1.82) is 0 Å². The number of benzene rings is 10. The molecule has 1 aromatic heterocycles. The predicted octanol–water partition coefficient (Wildman–Crippen LogP) is 15.4. The molecule has 0 amide bonds. The number of hydrogen-bond acceptors (Lipinski definition) is 3. The molecule has 0 fully saturated rings. The molecule has 0 aliphatic carbocycles. The molecule has 1 heterocycles. The van der Waals surface area contributed by atoms with Gasteiger partial charge in [0.15, 0.2) is 5.58 Å². The topological polar surface area (TPSA) is 29.3 Å². The third-order valence-corrected chi connectivity index (χ3v) is 11.3. The zero-order valence-electron chi connectivity index (χ0n) is 31.6. The van der Waals surface area contributed by atoms with Crippen molar-refractivity contribution in [2.45, 2.75) is 0 Å². The Labute approximate surface area is 336 Å². The van der Waals surface area contributed by atoms with Crippen molar-refractivity contribution in [2.24, 2.45) is 0 Å². The summed E-state index contributed by atoms with van der Waals surface area (Å²) in [5.74, 6) is 0.626. The van der Waals surface area contributed by atoms with E-state index in [1.807, 2.05) is 18.2 Å². The Bertz CT molecular complexity index is 3260. The molecule has 0 saturated carbocycles. The van der Waals surface area contributed by atoms with Gasteiger partial charge in [-0.2, -0.15) is 0 Å². The molecule has 58 heavy (non-hydrogen) atoms. The van der Waals surface area contributed by atoms with E-state index in [2.05, 4.69) is 205 Å². The molecule has 10 aromatic carbocycles. The van der Waals surface area contributed by atoms with Crippen LogP contribution in [0.15, 0.2) is 223 Å². The molecule has 11 aromatic rings. The number of hydrogen-bond donors (Lipinski definition) is 0. The van der Waals surface area contributed by atoms with Crippen LogP contribution in [0.25, 0.3) is 88.3 Å².